The van der Waals surface area contributed by atoms with Crippen LogP contribution in [0.2, 0.25) is 0 Å². The van der Waals surface area contributed by atoms with Gasteiger partial charge in [-0.3, -0.25) is 4.79 Å². The summed E-state index contributed by atoms with van der Waals surface area (Å²) in [6.07, 6.45) is 3.48. The Balaban J connectivity index is 2.03. The van der Waals surface area contributed by atoms with Gasteiger partial charge >= 0.3 is 5.97 Å². The van der Waals surface area contributed by atoms with Gasteiger partial charge in [0.25, 0.3) is 0 Å². The van der Waals surface area contributed by atoms with E-state index in [4.69, 9.17) is 5.11 Å². The Hall–Kier alpha value is -3.09. The lowest BCUT2D eigenvalue weighted by Gasteiger charge is -2.22. The number of aliphatic imine (C=N–C) groups is 1. The molecule has 25 heavy (non-hydrogen) atoms. The van der Waals surface area contributed by atoms with Crippen LogP contribution < -0.4 is 0 Å². The molecule has 0 amide bonds. The number of aromatic nitrogens is 1. The summed E-state index contributed by atoms with van der Waals surface area (Å²) in [4.78, 5) is 21.3. The highest BCUT2D eigenvalue weighted by molar-refractivity contribution is 6.01. The summed E-state index contributed by atoms with van der Waals surface area (Å²) < 4.78 is 26.3. The second kappa shape index (κ2) is 7.21. The number of rotatable bonds is 4. The van der Waals surface area contributed by atoms with Crippen molar-refractivity contribution in [3.05, 3.63) is 71.6 Å². The van der Waals surface area contributed by atoms with Crippen LogP contribution in [0, 0.1) is 11.6 Å². The molecule has 128 valence electrons. The Morgan fingerprint density at radius 2 is 1.84 bits per heavy atom. The summed E-state index contributed by atoms with van der Waals surface area (Å²) in [6.45, 7) is 0.178. The number of benzene rings is 1. The van der Waals surface area contributed by atoms with Crippen molar-refractivity contribution < 1.29 is 18.7 Å². The van der Waals surface area contributed by atoms with Crippen LogP contribution in [0.4, 0.5) is 8.78 Å². The second-order valence-electron chi connectivity index (χ2n) is 5.50. The molecule has 1 aromatic heterocycles. The molecular weight excluding hydrogens is 328 g/mol. The highest BCUT2D eigenvalue weighted by Gasteiger charge is 2.20. The normalized spacial score (nSPS) is 14.6. The van der Waals surface area contributed by atoms with Gasteiger partial charge < -0.3 is 10.0 Å². The number of hydrogen-bond acceptors (Lipinski definition) is 4. The second-order valence-corrected chi connectivity index (χ2v) is 5.50. The van der Waals surface area contributed by atoms with Crippen molar-refractivity contribution in [3.63, 3.8) is 0 Å². The van der Waals surface area contributed by atoms with Crippen LogP contribution in [0.15, 0.2) is 53.7 Å². The standard InChI is InChI=1S/C18H15F2N3O2/c19-13-5-3-12(4-6-13)15-2-1-9-23(11-17(24)25)18(22-15)16-8-7-14(20)10-21-16/h2-8,10H,1,9,11H2,(H,24,25). The molecule has 0 unspecified atom stereocenters. The van der Waals surface area contributed by atoms with E-state index in [9.17, 15) is 13.6 Å². The molecule has 0 radical (unpaired) electrons. The molecule has 1 aliphatic rings. The number of hydrogen-bond donors (Lipinski definition) is 1. The monoisotopic (exact) mass is 343 g/mol. The van der Waals surface area contributed by atoms with E-state index in [2.05, 4.69) is 9.98 Å². The number of amidine groups is 1. The SMILES string of the molecule is O=C(O)CN1CCC=C(c2ccc(F)cc2)N=C1c1ccc(F)cn1. The Labute approximate surface area is 143 Å². The molecule has 0 saturated carbocycles. The highest BCUT2D eigenvalue weighted by atomic mass is 19.1. The van der Waals surface area contributed by atoms with E-state index in [0.717, 1.165) is 6.20 Å². The lowest BCUT2D eigenvalue weighted by atomic mass is 10.1. The molecule has 5 nitrogen and oxygen atoms in total. The predicted molar refractivity (Wildman–Crippen MR) is 88.9 cm³/mol. The van der Waals surface area contributed by atoms with Gasteiger partial charge in [-0.15, -0.1) is 0 Å². The van der Waals surface area contributed by atoms with Crippen LogP contribution >= 0.6 is 0 Å². The minimum absolute atomic E-state index is 0.248. The molecular formula is C18H15F2N3O2. The maximum absolute atomic E-state index is 13.2. The molecule has 2 aromatic rings. The van der Waals surface area contributed by atoms with E-state index in [1.54, 1.807) is 17.0 Å². The third kappa shape index (κ3) is 4.06. The molecule has 0 spiro atoms. The van der Waals surface area contributed by atoms with E-state index in [-0.39, 0.29) is 12.4 Å². The van der Waals surface area contributed by atoms with Gasteiger partial charge in [0.1, 0.15) is 23.9 Å². The Bertz CT molecular complexity index is 830. The number of carboxylic acid groups (broad SMARTS) is 1. The van der Waals surface area contributed by atoms with Crippen molar-refractivity contribution in [2.75, 3.05) is 13.1 Å². The zero-order valence-electron chi connectivity index (χ0n) is 13.2. The molecule has 1 N–H and O–H groups in total. The minimum Gasteiger partial charge on any atom is -0.480 e. The molecule has 0 saturated heterocycles. The van der Waals surface area contributed by atoms with Crippen LogP contribution in [0.25, 0.3) is 5.70 Å². The fraction of sp³-hybridized carbons (Fsp3) is 0.167. The third-order valence-electron chi connectivity index (χ3n) is 3.69. The number of aliphatic carboxylic acids is 1. The van der Waals surface area contributed by atoms with Crippen molar-refractivity contribution in [2.24, 2.45) is 4.99 Å². The summed E-state index contributed by atoms with van der Waals surface area (Å²) in [6, 6.07) is 8.58. The van der Waals surface area contributed by atoms with Crippen LogP contribution in [0.5, 0.6) is 0 Å². The summed E-state index contributed by atoms with van der Waals surface area (Å²) in [5.74, 6) is -1.50. The van der Waals surface area contributed by atoms with Crippen molar-refractivity contribution in [1.82, 2.24) is 9.88 Å². The highest BCUT2D eigenvalue weighted by Crippen LogP contribution is 2.22. The van der Waals surface area contributed by atoms with E-state index in [1.807, 2.05) is 6.08 Å². The van der Waals surface area contributed by atoms with Gasteiger partial charge in [0.15, 0.2) is 5.84 Å². The smallest absolute Gasteiger partial charge is 0.323 e. The molecule has 1 aromatic carbocycles. The van der Waals surface area contributed by atoms with Crippen molar-refractivity contribution in [3.8, 4) is 0 Å². The zero-order valence-corrected chi connectivity index (χ0v) is 13.2. The fourth-order valence-electron chi connectivity index (χ4n) is 2.54. The molecule has 3 rings (SSSR count). The number of carboxylic acids is 1. The largest absolute Gasteiger partial charge is 0.480 e. The Morgan fingerprint density at radius 3 is 2.48 bits per heavy atom. The molecule has 0 atom stereocenters. The van der Waals surface area contributed by atoms with E-state index in [1.165, 1.54) is 24.3 Å². The van der Waals surface area contributed by atoms with Gasteiger partial charge in [-0.2, -0.15) is 0 Å². The number of carbonyl (C=O) groups is 1. The first-order chi connectivity index (χ1) is 12.0. The minimum atomic E-state index is -1.000. The van der Waals surface area contributed by atoms with E-state index >= 15 is 0 Å². The van der Waals surface area contributed by atoms with E-state index in [0.29, 0.717) is 35.8 Å². The van der Waals surface area contributed by atoms with Gasteiger partial charge in [0.05, 0.1) is 11.9 Å². The van der Waals surface area contributed by atoms with Gasteiger partial charge in [-0.25, -0.2) is 18.8 Å². The maximum atomic E-state index is 13.2. The topological polar surface area (TPSA) is 65.8 Å². The van der Waals surface area contributed by atoms with Gasteiger partial charge in [0.2, 0.25) is 0 Å². The molecule has 7 heteroatoms. The lowest BCUT2D eigenvalue weighted by molar-refractivity contribution is -0.137. The number of pyridine rings is 1. The molecule has 1 aliphatic heterocycles. The maximum Gasteiger partial charge on any atom is 0.323 e. The predicted octanol–water partition coefficient (Wildman–Crippen LogP) is 2.94. The van der Waals surface area contributed by atoms with Crippen LogP contribution in [-0.4, -0.2) is 39.9 Å². The zero-order chi connectivity index (χ0) is 17.8. The Morgan fingerprint density at radius 1 is 1.12 bits per heavy atom. The quantitative estimate of drug-likeness (QED) is 0.927. The van der Waals surface area contributed by atoms with Gasteiger partial charge in [-0.1, -0.05) is 6.08 Å². The lowest BCUT2D eigenvalue weighted by Crippen LogP contribution is -2.36. The Kier molecular flexibility index (Phi) is 4.83. The van der Waals surface area contributed by atoms with Crippen molar-refractivity contribution >= 4 is 17.5 Å². The van der Waals surface area contributed by atoms with Crippen LogP contribution in [0.1, 0.15) is 17.7 Å². The van der Waals surface area contributed by atoms with Gasteiger partial charge in [0, 0.05) is 12.1 Å². The number of nitrogens with zero attached hydrogens (tertiary/aromatic N) is 3. The molecule has 0 fully saturated rings. The summed E-state index contributed by atoms with van der Waals surface area (Å²) in [7, 11) is 0. The molecule has 0 aliphatic carbocycles. The molecule has 0 bridgehead atoms. The fourth-order valence-corrected chi connectivity index (χ4v) is 2.54. The van der Waals surface area contributed by atoms with Crippen molar-refractivity contribution in [1.29, 1.82) is 0 Å². The first-order valence-corrected chi connectivity index (χ1v) is 7.66. The van der Waals surface area contributed by atoms with Crippen molar-refractivity contribution in [2.45, 2.75) is 6.42 Å². The van der Waals surface area contributed by atoms with Crippen LogP contribution in [0.3, 0.4) is 0 Å². The number of halogens is 2. The average Bonchev–Trinajstić information content (AvgIpc) is 2.79. The summed E-state index contributed by atoms with van der Waals surface area (Å²) in [5.41, 5.74) is 1.67. The van der Waals surface area contributed by atoms with E-state index < -0.39 is 11.8 Å². The third-order valence-corrected chi connectivity index (χ3v) is 3.69. The van der Waals surface area contributed by atoms with Gasteiger partial charge in [-0.05, 0) is 42.8 Å². The first-order valence-electron chi connectivity index (χ1n) is 7.66. The molecule has 2 heterocycles. The average molecular weight is 343 g/mol. The summed E-state index contributed by atoms with van der Waals surface area (Å²) in [5, 5.41) is 9.14. The summed E-state index contributed by atoms with van der Waals surface area (Å²) >= 11 is 0. The first kappa shape index (κ1) is 16.8. The van der Waals surface area contributed by atoms with Crippen LogP contribution in [-0.2, 0) is 4.79 Å².